The minimum Gasteiger partial charge on any atom is -0.394 e. The Kier molecular flexibility index (Phi) is 6.55. The SMILES string of the molecule is C[C@H](CO)n1ccc2c(NC(=O)Cc3ccc(C(F)(F)F)cc3C(F)(F)F)cccc2c1=O. The lowest BCUT2D eigenvalue weighted by Crippen LogP contribution is -2.25. The van der Waals surface area contributed by atoms with Crippen molar-refractivity contribution in [3.8, 4) is 0 Å². The number of carbonyl (C=O) groups excluding carboxylic acids is 1. The number of carbonyl (C=O) groups is 1. The summed E-state index contributed by atoms with van der Waals surface area (Å²) in [5.41, 5.74) is -3.92. The molecule has 0 aliphatic rings. The first-order chi connectivity index (χ1) is 15.3. The van der Waals surface area contributed by atoms with E-state index in [0.29, 0.717) is 17.5 Å². The van der Waals surface area contributed by atoms with Gasteiger partial charge in [0.05, 0.1) is 30.2 Å². The van der Waals surface area contributed by atoms with Gasteiger partial charge in [0.2, 0.25) is 5.91 Å². The Bertz CT molecular complexity index is 1250. The van der Waals surface area contributed by atoms with Crippen LogP contribution in [0.2, 0.25) is 0 Å². The highest BCUT2D eigenvalue weighted by molar-refractivity contribution is 6.02. The Hall–Kier alpha value is -3.34. The molecule has 2 aromatic carbocycles. The molecule has 2 N–H and O–H groups in total. The van der Waals surface area contributed by atoms with Gasteiger partial charge in [-0.05, 0) is 42.8 Å². The molecule has 0 aliphatic carbocycles. The molecule has 1 atom stereocenters. The van der Waals surface area contributed by atoms with Crippen LogP contribution in [0.4, 0.5) is 32.0 Å². The van der Waals surface area contributed by atoms with E-state index in [1.165, 1.54) is 35.0 Å². The molecule has 3 aromatic rings. The van der Waals surface area contributed by atoms with Gasteiger partial charge in [0.15, 0.2) is 0 Å². The normalized spacial score (nSPS) is 13.2. The highest BCUT2D eigenvalue weighted by Gasteiger charge is 2.38. The average molecular weight is 472 g/mol. The fourth-order valence-electron chi connectivity index (χ4n) is 3.38. The zero-order chi connectivity index (χ0) is 24.6. The van der Waals surface area contributed by atoms with Crippen molar-refractivity contribution < 1.29 is 36.2 Å². The molecule has 11 heteroatoms. The second kappa shape index (κ2) is 8.89. The fraction of sp³-hybridized carbons (Fsp3) is 0.273. The van der Waals surface area contributed by atoms with E-state index >= 15 is 0 Å². The van der Waals surface area contributed by atoms with Gasteiger partial charge < -0.3 is 15.0 Å². The summed E-state index contributed by atoms with van der Waals surface area (Å²) in [5, 5.41) is 12.2. The van der Waals surface area contributed by atoms with Crippen LogP contribution in [0, 0.1) is 0 Å². The van der Waals surface area contributed by atoms with Crippen molar-refractivity contribution in [2.75, 3.05) is 11.9 Å². The van der Waals surface area contributed by atoms with Gasteiger partial charge in [0.1, 0.15) is 0 Å². The van der Waals surface area contributed by atoms with Gasteiger partial charge in [-0.25, -0.2) is 0 Å². The molecule has 0 saturated carbocycles. The van der Waals surface area contributed by atoms with E-state index in [2.05, 4.69) is 5.32 Å². The summed E-state index contributed by atoms with van der Waals surface area (Å²) in [4.78, 5) is 25.1. The van der Waals surface area contributed by atoms with E-state index in [4.69, 9.17) is 0 Å². The van der Waals surface area contributed by atoms with Gasteiger partial charge in [0, 0.05) is 22.7 Å². The van der Waals surface area contributed by atoms with E-state index < -0.39 is 53.0 Å². The number of halogens is 6. The molecule has 5 nitrogen and oxygen atoms in total. The summed E-state index contributed by atoms with van der Waals surface area (Å²) in [6, 6.07) is 6.50. The first-order valence-electron chi connectivity index (χ1n) is 9.65. The molecule has 1 amide bonds. The second-order valence-corrected chi connectivity index (χ2v) is 7.42. The maximum absolute atomic E-state index is 13.3. The number of amides is 1. The largest absolute Gasteiger partial charge is 0.416 e. The maximum atomic E-state index is 13.3. The van der Waals surface area contributed by atoms with E-state index in [-0.39, 0.29) is 23.7 Å². The number of fused-ring (bicyclic) bond motifs is 1. The predicted molar refractivity (Wildman–Crippen MR) is 109 cm³/mol. The number of aromatic nitrogens is 1. The predicted octanol–water partition coefficient (Wildman–Crippen LogP) is 4.77. The number of hydrogen-bond acceptors (Lipinski definition) is 3. The highest BCUT2D eigenvalue weighted by Crippen LogP contribution is 2.37. The maximum Gasteiger partial charge on any atom is 0.416 e. The average Bonchev–Trinajstić information content (AvgIpc) is 2.72. The minimum absolute atomic E-state index is 0.0225. The number of benzene rings is 2. The molecular formula is C22H18F6N2O3. The summed E-state index contributed by atoms with van der Waals surface area (Å²) in [7, 11) is 0. The molecule has 0 radical (unpaired) electrons. The summed E-state index contributed by atoms with van der Waals surface area (Å²) in [5.74, 6) is -0.902. The van der Waals surface area contributed by atoms with Crippen LogP contribution < -0.4 is 10.9 Å². The molecule has 0 bridgehead atoms. The van der Waals surface area contributed by atoms with Gasteiger partial charge in [-0.2, -0.15) is 26.3 Å². The molecule has 0 spiro atoms. The number of rotatable bonds is 5. The summed E-state index contributed by atoms with van der Waals surface area (Å²) in [6.45, 7) is 1.34. The van der Waals surface area contributed by atoms with E-state index in [1.807, 2.05) is 0 Å². The Morgan fingerprint density at radius 3 is 2.33 bits per heavy atom. The molecule has 0 unspecified atom stereocenters. The molecule has 1 aromatic heterocycles. The topological polar surface area (TPSA) is 71.3 Å². The van der Waals surface area contributed by atoms with Gasteiger partial charge in [-0.15, -0.1) is 0 Å². The smallest absolute Gasteiger partial charge is 0.394 e. The van der Waals surface area contributed by atoms with Gasteiger partial charge in [0.25, 0.3) is 5.56 Å². The first-order valence-corrected chi connectivity index (χ1v) is 9.65. The fourth-order valence-corrected chi connectivity index (χ4v) is 3.38. The number of pyridine rings is 1. The van der Waals surface area contributed by atoms with Gasteiger partial charge in [-0.3, -0.25) is 9.59 Å². The van der Waals surface area contributed by atoms with Crippen LogP contribution in [0.25, 0.3) is 10.8 Å². The molecule has 33 heavy (non-hydrogen) atoms. The van der Waals surface area contributed by atoms with Crippen molar-refractivity contribution >= 4 is 22.4 Å². The van der Waals surface area contributed by atoms with Crippen LogP contribution >= 0.6 is 0 Å². The number of alkyl halides is 6. The number of aliphatic hydroxyl groups excluding tert-OH is 1. The van der Waals surface area contributed by atoms with Crippen molar-refractivity contribution in [1.29, 1.82) is 0 Å². The van der Waals surface area contributed by atoms with Crippen LogP contribution in [0.1, 0.15) is 29.7 Å². The molecular weight excluding hydrogens is 454 g/mol. The third-order valence-corrected chi connectivity index (χ3v) is 5.08. The molecule has 3 rings (SSSR count). The van der Waals surface area contributed by atoms with Crippen LogP contribution in [0.3, 0.4) is 0 Å². The lowest BCUT2D eigenvalue weighted by atomic mass is 10.00. The van der Waals surface area contributed by atoms with Crippen molar-refractivity contribution in [3.63, 3.8) is 0 Å². The lowest BCUT2D eigenvalue weighted by Gasteiger charge is -2.17. The lowest BCUT2D eigenvalue weighted by molar-refractivity contribution is -0.143. The number of anilines is 1. The first kappa shape index (κ1) is 24.3. The number of nitrogens with one attached hydrogen (secondary N) is 1. The van der Waals surface area contributed by atoms with Crippen molar-refractivity contribution in [2.45, 2.75) is 31.7 Å². The van der Waals surface area contributed by atoms with E-state index in [1.54, 1.807) is 6.92 Å². The Balaban J connectivity index is 1.93. The Morgan fingerprint density at radius 2 is 1.73 bits per heavy atom. The summed E-state index contributed by atoms with van der Waals surface area (Å²) in [6.07, 6.45) is -9.48. The molecule has 0 saturated heterocycles. The third-order valence-electron chi connectivity index (χ3n) is 5.08. The quantitative estimate of drug-likeness (QED) is 0.526. The zero-order valence-electron chi connectivity index (χ0n) is 17.1. The van der Waals surface area contributed by atoms with Crippen molar-refractivity contribution in [3.05, 3.63) is 75.7 Å². The van der Waals surface area contributed by atoms with Crippen LogP contribution in [-0.4, -0.2) is 22.2 Å². The van der Waals surface area contributed by atoms with E-state index in [0.717, 1.165) is 0 Å². The molecule has 0 aliphatic heterocycles. The van der Waals surface area contributed by atoms with Gasteiger partial charge >= 0.3 is 12.4 Å². The van der Waals surface area contributed by atoms with Crippen LogP contribution in [0.15, 0.2) is 53.5 Å². The number of aliphatic hydroxyl groups is 1. The molecule has 1 heterocycles. The van der Waals surface area contributed by atoms with Gasteiger partial charge in [-0.1, -0.05) is 12.1 Å². The summed E-state index contributed by atoms with van der Waals surface area (Å²) >= 11 is 0. The molecule has 176 valence electrons. The Labute approximate surface area is 183 Å². The third kappa shape index (κ3) is 5.19. The minimum atomic E-state index is -5.09. The van der Waals surface area contributed by atoms with Crippen LogP contribution in [-0.2, 0) is 23.6 Å². The number of hydrogen-bond donors (Lipinski definition) is 2. The summed E-state index contributed by atoms with van der Waals surface area (Å²) < 4.78 is 79.8. The van der Waals surface area contributed by atoms with Crippen molar-refractivity contribution in [1.82, 2.24) is 4.57 Å². The standard InChI is InChI=1S/C22H18F6N2O3/c1-12(11-31)30-8-7-15-16(20(30)33)3-2-4-18(15)29-19(32)9-13-5-6-14(21(23,24)25)10-17(13)22(26,27)28/h2-8,10,12,31H,9,11H2,1H3,(H,29,32)/t12-/m1/s1. The molecule has 0 fully saturated rings. The monoisotopic (exact) mass is 472 g/mol. The van der Waals surface area contributed by atoms with E-state index in [9.17, 15) is 41.0 Å². The second-order valence-electron chi connectivity index (χ2n) is 7.42. The highest BCUT2D eigenvalue weighted by atomic mass is 19.4. The number of nitrogens with zero attached hydrogens (tertiary/aromatic N) is 1. The Morgan fingerprint density at radius 1 is 1.03 bits per heavy atom. The van der Waals surface area contributed by atoms with Crippen molar-refractivity contribution in [2.24, 2.45) is 0 Å². The van der Waals surface area contributed by atoms with Crippen LogP contribution in [0.5, 0.6) is 0 Å². The zero-order valence-corrected chi connectivity index (χ0v) is 17.1.